The summed E-state index contributed by atoms with van der Waals surface area (Å²) in [5.74, 6) is 0. The number of thiocarbonyl (C=S) groups is 1. The van der Waals surface area contributed by atoms with Gasteiger partial charge >= 0.3 is 6.18 Å². The molecule has 2 N–H and O–H groups in total. The van der Waals surface area contributed by atoms with Gasteiger partial charge in [-0.25, -0.2) is 0 Å². The summed E-state index contributed by atoms with van der Waals surface area (Å²) >= 11 is 11.0. The molecule has 0 unspecified atom stereocenters. The molecule has 0 radical (unpaired) electrons. The van der Waals surface area contributed by atoms with E-state index in [2.05, 4.69) is 15.7 Å². The van der Waals surface area contributed by atoms with Gasteiger partial charge in [-0.1, -0.05) is 29.8 Å². The van der Waals surface area contributed by atoms with E-state index in [0.29, 0.717) is 17.3 Å². The summed E-state index contributed by atoms with van der Waals surface area (Å²) in [6, 6.07) is 12.3. The molecule has 0 atom stereocenters. The molecule has 140 valence electrons. The summed E-state index contributed by atoms with van der Waals surface area (Å²) in [5, 5.41) is 10.6. The topological polar surface area (TPSA) is 41.9 Å². The van der Waals surface area contributed by atoms with Crippen molar-refractivity contribution < 1.29 is 13.2 Å². The monoisotopic (exact) mass is 410 g/mol. The van der Waals surface area contributed by atoms with Crippen LogP contribution in [0.2, 0.25) is 5.02 Å². The molecule has 27 heavy (non-hydrogen) atoms. The SMILES string of the molecule is FC(F)(F)c1cccc(NC(=S)Nc2cccc(Cn3cc(Cl)cn3)c2)c1. The van der Waals surface area contributed by atoms with Crippen molar-refractivity contribution in [3.63, 3.8) is 0 Å². The van der Waals surface area contributed by atoms with Crippen molar-refractivity contribution in [3.05, 3.63) is 77.1 Å². The normalized spacial score (nSPS) is 11.3. The molecule has 0 saturated carbocycles. The smallest absolute Gasteiger partial charge is 0.332 e. The van der Waals surface area contributed by atoms with Gasteiger partial charge in [0, 0.05) is 17.6 Å². The van der Waals surface area contributed by atoms with E-state index in [1.165, 1.54) is 12.1 Å². The summed E-state index contributed by atoms with van der Waals surface area (Å²) in [4.78, 5) is 0. The van der Waals surface area contributed by atoms with Crippen LogP contribution in [0.5, 0.6) is 0 Å². The molecular formula is C18H14ClF3N4S. The summed E-state index contributed by atoms with van der Waals surface area (Å²) < 4.78 is 40.1. The second kappa shape index (κ2) is 7.98. The van der Waals surface area contributed by atoms with E-state index in [1.807, 2.05) is 18.2 Å². The third-order valence-corrected chi connectivity index (χ3v) is 3.98. The van der Waals surface area contributed by atoms with Crippen LogP contribution in [-0.4, -0.2) is 14.9 Å². The molecule has 1 aromatic heterocycles. The van der Waals surface area contributed by atoms with Crippen molar-refractivity contribution in [1.29, 1.82) is 0 Å². The molecule has 2 aromatic carbocycles. The molecule has 0 saturated heterocycles. The van der Waals surface area contributed by atoms with Crippen LogP contribution in [-0.2, 0) is 12.7 Å². The van der Waals surface area contributed by atoms with E-state index < -0.39 is 11.7 Å². The van der Waals surface area contributed by atoms with Crippen molar-refractivity contribution >= 4 is 40.3 Å². The van der Waals surface area contributed by atoms with Crippen LogP contribution < -0.4 is 10.6 Å². The van der Waals surface area contributed by atoms with Crippen LogP contribution in [0.3, 0.4) is 0 Å². The van der Waals surface area contributed by atoms with Crippen molar-refractivity contribution in [3.8, 4) is 0 Å². The van der Waals surface area contributed by atoms with Gasteiger partial charge in [-0.15, -0.1) is 0 Å². The minimum absolute atomic E-state index is 0.189. The second-order valence-corrected chi connectivity index (χ2v) is 6.56. The number of aromatic nitrogens is 2. The summed E-state index contributed by atoms with van der Waals surface area (Å²) in [5.41, 5.74) is 1.18. The van der Waals surface area contributed by atoms with Crippen molar-refractivity contribution in [2.45, 2.75) is 12.7 Å². The van der Waals surface area contributed by atoms with Crippen molar-refractivity contribution in [2.24, 2.45) is 0 Å². The van der Waals surface area contributed by atoms with Crippen LogP contribution >= 0.6 is 23.8 Å². The lowest BCUT2D eigenvalue weighted by molar-refractivity contribution is -0.137. The Bertz CT molecular complexity index is 956. The van der Waals surface area contributed by atoms with E-state index in [9.17, 15) is 13.2 Å². The molecule has 0 fully saturated rings. The molecule has 4 nitrogen and oxygen atoms in total. The number of nitrogens with one attached hydrogen (secondary N) is 2. The fourth-order valence-electron chi connectivity index (χ4n) is 2.43. The highest BCUT2D eigenvalue weighted by atomic mass is 35.5. The highest BCUT2D eigenvalue weighted by Crippen LogP contribution is 2.30. The van der Waals surface area contributed by atoms with Gasteiger partial charge in [0.1, 0.15) is 0 Å². The first kappa shape index (κ1) is 19.2. The number of hydrogen-bond donors (Lipinski definition) is 2. The zero-order valence-electron chi connectivity index (χ0n) is 13.8. The Kier molecular flexibility index (Phi) is 5.67. The van der Waals surface area contributed by atoms with Gasteiger partial charge in [0.05, 0.1) is 23.3 Å². The first-order valence-corrected chi connectivity index (χ1v) is 8.60. The van der Waals surface area contributed by atoms with Crippen LogP contribution in [0, 0.1) is 0 Å². The second-order valence-electron chi connectivity index (χ2n) is 5.71. The Labute approximate surface area is 164 Å². The summed E-state index contributed by atoms with van der Waals surface area (Å²) in [7, 11) is 0. The van der Waals surface area contributed by atoms with E-state index in [0.717, 1.165) is 17.7 Å². The molecule has 0 bridgehead atoms. The van der Waals surface area contributed by atoms with Gasteiger partial charge in [-0.05, 0) is 48.1 Å². The minimum atomic E-state index is -4.41. The number of nitrogens with zero attached hydrogens (tertiary/aromatic N) is 2. The number of benzene rings is 2. The number of rotatable bonds is 4. The fourth-order valence-corrected chi connectivity index (χ4v) is 2.82. The lowest BCUT2D eigenvalue weighted by atomic mass is 10.2. The standard InChI is InChI=1S/C18H14ClF3N4S/c19-14-9-23-26(11-14)10-12-3-1-5-15(7-12)24-17(27)25-16-6-2-4-13(8-16)18(20,21)22/h1-9,11H,10H2,(H2,24,25,27). The molecule has 0 aliphatic carbocycles. The molecule has 0 aliphatic rings. The van der Waals surface area contributed by atoms with Crippen LogP contribution in [0.1, 0.15) is 11.1 Å². The number of hydrogen-bond acceptors (Lipinski definition) is 2. The van der Waals surface area contributed by atoms with Crippen LogP contribution in [0.4, 0.5) is 24.5 Å². The highest BCUT2D eigenvalue weighted by molar-refractivity contribution is 7.80. The van der Waals surface area contributed by atoms with E-state index in [4.69, 9.17) is 23.8 Å². The quantitative estimate of drug-likeness (QED) is 0.564. The van der Waals surface area contributed by atoms with Crippen molar-refractivity contribution in [1.82, 2.24) is 9.78 Å². The predicted molar refractivity (Wildman–Crippen MR) is 104 cm³/mol. The minimum Gasteiger partial charge on any atom is -0.332 e. The maximum absolute atomic E-state index is 12.8. The summed E-state index contributed by atoms with van der Waals surface area (Å²) in [6.45, 7) is 0.524. The van der Waals surface area contributed by atoms with Gasteiger partial charge < -0.3 is 10.6 Å². The van der Waals surface area contributed by atoms with Gasteiger partial charge in [0.25, 0.3) is 0 Å². The van der Waals surface area contributed by atoms with Crippen molar-refractivity contribution in [2.75, 3.05) is 10.6 Å². The Morgan fingerprint density at radius 2 is 1.74 bits per heavy atom. The average Bonchev–Trinajstić information content (AvgIpc) is 2.99. The first-order valence-electron chi connectivity index (χ1n) is 7.82. The summed E-state index contributed by atoms with van der Waals surface area (Å²) in [6.07, 6.45) is -1.14. The van der Waals surface area contributed by atoms with Gasteiger partial charge in [0.15, 0.2) is 5.11 Å². The molecular weight excluding hydrogens is 397 g/mol. The Balaban J connectivity index is 1.65. The highest BCUT2D eigenvalue weighted by Gasteiger charge is 2.30. The zero-order valence-corrected chi connectivity index (χ0v) is 15.4. The maximum atomic E-state index is 12.8. The lowest BCUT2D eigenvalue weighted by Gasteiger charge is -2.13. The molecule has 1 heterocycles. The maximum Gasteiger partial charge on any atom is 0.416 e. The van der Waals surface area contributed by atoms with E-state index in [1.54, 1.807) is 23.1 Å². The fraction of sp³-hybridized carbons (Fsp3) is 0.111. The Morgan fingerprint density at radius 1 is 1.07 bits per heavy atom. The predicted octanol–water partition coefficient (Wildman–Crippen LogP) is 5.41. The molecule has 0 spiro atoms. The third kappa shape index (κ3) is 5.45. The number of anilines is 2. The average molecular weight is 411 g/mol. The largest absolute Gasteiger partial charge is 0.416 e. The van der Waals surface area contributed by atoms with E-state index >= 15 is 0 Å². The Morgan fingerprint density at radius 3 is 2.37 bits per heavy atom. The molecule has 3 aromatic rings. The van der Waals surface area contributed by atoms with Crippen LogP contribution in [0.25, 0.3) is 0 Å². The lowest BCUT2D eigenvalue weighted by Crippen LogP contribution is -2.19. The van der Waals surface area contributed by atoms with Gasteiger partial charge in [-0.2, -0.15) is 18.3 Å². The zero-order chi connectivity index (χ0) is 19.4. The van der Waals surface area contributed by atoms with Crippen LogP contribution in [0.15, 0.2) is 60.9 Å². The third-order valence-electron chi connectivity index (χ3n) is 3.58. The number of halogens is 4. The molecule has 0 aliphatic heterocycles. The molecule has 3 rings (SSSR count). The van der Waals surface area contributed by atoms with Gasteiger partial charge in [0.2, 0.25) is 0 Å². The number of alkyl halides is 3. The van der Waals surface area contributed by atoms with Gasteiger partial charge in [-0.3, -0.25) is 4.68 Å². The molecule has 9 heteroatoms. The Hall–Kier alpha value is -2.58. The first-order chi connectivity index (χ1) is 12.8. The molecule has 0 amide bonds. The van der Waals surface area contributed by atoms with E-state index in [-0.39, 0.29) is 10.8 Å².